The largest absolute Gasteiger partial charge is 0.464 e. The van der Waals surface area contributed by atoms with Gasteiger partial charge in [0.2, 0.25) is 0 Å². The quantitative estimate of drug-likeness (QED) is 0.801. The van der Waals surface area contributed by atoms with E-state index in [4.69, 9.17) is 9.47 Å². The molecule has 1 aromatic rings. The Morgan fingerprint density at radius 3 is 2.29 bits per heavy atom. The molecule has 1 aromatic carbocycles. The molecule has 1 amide bonds. The zero-order valence-electron chi connectivity index (χ0n) is 14.3. The van der Waals surface area contributed by atoms with Crippen LogP contribution in [0.3, 0.4) is 0 Å². The van der Waals surface area contributed by atoms with Crippen LogP contribution < -0.4 is 5.32 Å². The summed E-state index contributed by atoms with van der Waals surface area (Å²) in [7, 11) is 0. The zero-order valence-corrected chi connectivity index (χ0v) is 14.3. The number of halogens is 2. The van der Waals surface area contributed by atoms with Crippen molar-refractivity contribution in [1.82, 2.24) is 5.32 Å². The van der Waals surface area contributed by atoms with Crippen molar-refractivity contribution < 1.29 is 27.8 Å². The van der Waals surface area contributed by atoms with Gasteiger partial charge < -0.3 is 14.8 Å². The number of hydrogen-bond donors (Lipinski definition) is 1. The van der Waals surface area contributed by atoms with E-state index in [0.717, 1.165) is 0 Å². The second-order valence-electron chi connectivity index (χ2n) is 6.36. The van der Waals surface area contributed by atoms with Gasteiger partial charge in [0, 0.05) is 5.56 Å². The van der Waals surface area contributed by atoms with Crippen LogP contribution in [-0.2, 0) is 20.2 Å². The summed E-state index contributed by atoms with van der Waals surface area (Å²) in [6, 6.07) is 6.31. The maximum absolute atomic E-state index is 13.9. The van der Waals surface area contributed by atoms with E-state index in [1.807, 2.05) is 0 Å². The van der Waals surface area contributed by atoms with Gasteiger partial charge in [0.25, 0.3) is 5.92 Å². The van der Waals surface area contributed by atoms with E-state index in [9.17, 15) is 18.4 Å². The molecule has 0 aliphatic heterocycles. The fourth-order valence-electron chi connectivity index (χ4n) is 1.77. The Balaban J connectivity index is 2.41. The third-order valence-corrected chi connectivity index (χ3v) is 2.94. The normalized spacial score (nSPS) is 13.1. The SMILES string of the molecule is C[C@H](NC(=O)OC(C)(C)C)C(=O)OCCC(F)(F)c1ccccc1. The van der Waals surface area contributed by atoms with Gasteiger partial charge in [-0.1, -0.05) is 30.3 Å². The van der Waals surface area contributed by atoms with Gasteiger partial charge in [-0.2, -0.15) is 0 Å². The van der Waals surface area contributed by atoms with Gasteiger partial charge >= 0.3 is 12.1 Å². The number of amides is 1. The number of ether oxygens (including phenoxy) is 2. The number of hydrogen-bond acceptors (Lipinski definition) is 4. The molecule has 0 aliphatic rings. The third-order valence-electron chi connectivity index (χ3n) is 2.94. The molecule has 5 nitrogen and oxygen atoms in total. The highest BCUT2D eigenvalue weighted by molar-refractivity contribution is 5.81. The summed E-state index contributed by atoms with van der Waals surface area (Å²) in [4.78, 5) is 23.3. The lowest BCUT2D eigenvalue weighted by Gasteiger charge is -2.21. The Bertz CT molecular complexity index is 555. The molecule has 0 spiro atoms. The monoisotopic (exact) mass is 343 g/mol. The van der Waals surface area contributed by atoms with Crippen LogP contribution in [0.2, 0.25) is 0 Å². The summed E-state index contributed by atoms with van der Waals surface area (Å²) in [5.41, 5.74) is -0.841. The van der Waals surface area contributed by atoms with E-state index in [0.29, 0.717) is 0 Å². The molecule has 0 aromatic heterocycles. The Morgan fingerprint density at radius 1 is 1.17 bits per heavy atom. The van der Waals surface area contributed by atoms with Crippen molar-refractivity contribution in [3.63, 3.8) is 0 Å². The number of alkyl halides is 2. The van der Waals surface area contributed by atoms with Crippen molar-refractivity contribution in [1.29, 1.82) is 0 Å². The highest BCUT2D eigenvalue weighted by Crippen LogP contribution is 2.31. The maximum Gasteiger partial charge on any atom is 0.408 e. The first-order chi connectivity index (χ1) is 11.0. The number of esters is 1. The molecule has 0 heterocycles. The minimum Gasteiger partial charge on any atom is -0.464 e. The summed E-state index contributed by atoms with van der Waals surface area (Å²) in [6.07, 6.45) is -1.41. The van der Waals surface area contributed by atoms with Crippen LogP contribution in [0.4, 0.5) is 13.6 Å². The fourth-order valence-corrected chi connectivity index (χ4v) is 1.77. The molecule has 134 valence electrons. The second-order valence-corrected chi connectivity index (χ2v) is 6.36. The molecule has 0 bridgehead atoms. The van der Waals surface area contributed by atoms with E-state index in [-0.39, 0.29) is 5.56 Å². The Labute approximate surface area is 140 Å². The molecule has 0 saturated carbocycles. The Hall–Kier alpha value is -2.18. The topological polar surface area (TPSA) is 64.6 Å². The molecule has 24 heavy (non-hydrogen) atoms. The van der Waals surface area contributed by atoms with Crippen LogP contribution >= 0.6 is 0 Å². The Kier molecular flexibility index (Phi) is 6.69. The van der Waals surface area contributed by atoms with E-state index in [1.165, 1.54) is 31.2 Å². The first kappa shape index (κ1) is 19.9. The lowest BCUT2D eigenvalue weighted by atomic mass is 10.1. The molecule has 0 aliphatic carbocycles. The average Bonchev–Trinajstić information content (AvgIpc) is 2.45. The number of rotatable bonds is 6. The summed E-state index contributed by atoms with van der Waals surface area (Å²) < 4.78 is 37.6. The number of nitrogens with one attached hydrogen (secondary N) is 1. The van der Waals surface area contributed by atoms with Gasteiger partial charge in [-0.05, 0) is 27.7 Å². The van der Waals surface area contributed by atoms with Crippen LogP contribution in [-0.4, -0.2) is 30.3 Å². The second kappa shape index (κ2) is 8.08. The molecule has 0 fully saturated rings. The minimum absolute atomic E-state index is 0.138. The van der Waals surface area contributed by atoms with Crippen LogP contribution in [0.5, 0.6) is 0 Å². The fraction of sp³-hybridized carbons (Fsp3) is 0.529. The smallest absolute Gasteiger partial charge is 0.408 e. The van der Waals surface area contributed by atoms with Crippen molar-refractivity contribution in [3.05, 3.63) is 35.9 Å². The molecule has 7 heteroatoms. The standard InChI is InChI=1S/C17H23F2NO4/c1-12(20-15(22)24-16(2,3)4)14(21)23-11-10-17(18,19)13-8-6-5-7-9-13/h5-9,12H,10-11H2,1-4H3,(H,20,22)/t12-/m0/s1. The molecular weight excluding hydrogens is 320 g/mol. The molecule has 1 atom stereocenters. The minimum atomic E-state index is -3.09. The molecule has 0 radical (unpaired) electrons. The number of carbonyl (C=O) groups is 2. The van der Waals surface area contributed by atoms with Gasteiger partial charge in [0.1, 0.15) is 11.6 Å². The van der Waals surface area contributed by atoms with Crippen LogP contribution in [0.15, 0.2) is 30.3 Å². The number of alkyl carbamates (subject to hydrolysis) is 1. The van der Waals surface area contributed by atoms with E-state index in [2.05, 4.69) is 5.32 Å². The van der Waals surface area contributed by atoms with Crippen molar-refractivity contribution in [3.8, 4) is 0 Å². The average molecular weight is 343 g/mol. The van der Waals surface area contributed by atoms with Gasteiger partial charge in [-0.15, -0.1) is 0 Å². The van der Waals surface area contributed by atoms with Crippen molar-refractivity contribution in [2.45, 2.75) is 51.7 Å². The highest BCUT2D eigenvalue weighted by Gasteiger charge is 2.31. The number of benzene rings is 1. The van der Waals surface area contributed by atoms with E-state index in [1.54, 1.807) is 26.8 Å². The third kappa shape index (κ3) is 6.93. The molecule has 1 rings (SSSR count). The summed E-state index contributed by atoms with van der Waals surface area (Å²) in [5, 5.41) is 2.29. The van der Waals surface area contributed by atoms with Gasteiger partial charge in [-0.25, -0.2) is 18.4 Å². The van der Waals surface area contributed by atoms with E-state index < -0.39 is 42.7 Å². The molecular formula is C17H23F2NO4. The highest BCUT2D eigenvalue weighted by atomic mass is 19.3. The lowest BCUT2D eigenvalue weighted by molar-refractivity contribution is -0.148. The van der Waals surface area contributed by atoms with Crippen LogP contribution in [0.1, 0.15) is 39.7 Å². The first-order valence-corrected chi connectivity index (χ1v) is 7.61. The Morgan fingerprint density at radius 2 is 1.75 bits per heavy atom. The van der Waals surface area contributed by atoms with Crippen molar-refractivity contribution in [2.24, 2.45) is 0 Å². The van der Waals surface area contributed by atoms with Crippen LogP contribution in [0, 0.1) is 0 Å². The molecule has 0 saturated heterocycles. The lowest BCUT2D eigenvalue weighted by Crippen LogP contribution is -2.42. The molecule has 0 unspecified atom stereocenters. The van der Waals surface area contributed by atoms with Gasteiger partial charge in [0.05, 0.1) is 13.0 Å². The van der Waals surface area contributed by atoms with Crippen LogP contribution in [0.25, 0.3) is 0 Å². The van der Waals surface area contributed by atoms with Gasteiger partial charge in [0.15, 0.2) is 0 Å². The summed E-state index contributed by atoms with van der Waals surface area (Å²) >= 11 is 0. The predicted molar refractivity (Wildman–Crippen MR) is 84.7 cm³/mol. The van der Waals surface area contributed by atoms with E-state index >= 15 is 0 Å². The molecule has 1 N–H and O–H groups in total. The predicted octanol–water partition coefficient (Wildman–Crippen LogP) is 3.62. The summed E-state index contributed by atoms with van der Waals surface area (Å²) in [5.74, 6) is -3.90. The first-order valence-electron chi connectivity index (χ1n) is 7.61. The summed E-state index contributed by atoms with van der Waals surface area (Å²) in [6.45, 7) is 5.98. The van der Waals surface area contributed by atoms with Gasteiger partial charge in [-0.3, -0.25) is 0 Å². The zero-order chi connectivity index (χ0) is 18.4. The van der Waals surface area contributed by atoms with Crippen molar-refractivity contribution >= 4 is 12.1 Å². The maximum atomic E-state index is 13.9. The number of carbonyl (C=O) groups excluding carboxylic acids is 2. The van der Waals surface area contributed by atoms with Crippen molar-refractivity contribution in [2.75, 3.05) is 6.61 Å².